The van der Waals surface area contributed by atoms with Gasteiger partial charge in [0.2, 0.25) is 0 Å². The third-order valence-electron chi connectivity index (χ3n) is 3.65. The SMILES string of the molecule is CCOCCN1C(C)(C)CC(N)CC1(C)C. The third kappa shape index (κ3) is 3.19. The summed E-state index contributed by atoms with van der Waals surface area (Å²) in [6.07, 6.45) is 2.14. The molecule has 0 aromatic heterocycles. The van der Waals surface area contributed by atoms with Gasteiger partial charge in [-0.1, -0.05) is 0 Å². The standard InChI is InChI=1S/C13H28N2O/c1-6-16-8-7-15-12(2,3)9-11(14)10-13(15,4)5/h11H,6-10,14H2,1-5H3. The van der Waals surface area contributed by atoms with Gasteiger partial charge in [0, 0.05) is 30.3 Å². The van der Waals surface area contributed by atoms with Crippen LogP contribution in [0.4, 0.5) is 0 Å². The van der Waals surface area contributed by atoms with E-state index in [1.54, 1.807) is 0 Å². The number of rotatable bonds is 4. The van der Waals surface area contributed by atoms with Gasteiger partial charge in [0.25, 0.3) is 0 Å². The number of nitrogens with zero attached hydrogens (tertiary/aromatic N) is 1. The number of nitrogens with two attached hydrogens (primary N) is 1. The molecule has 0 aromatic carbocycles. The minimum absolute atomic E-state index is 0.179. The molecule has 0 saturated carbocycles. The monoisotopic (exact) mass is 228 g/mol. The fraction of sp³-hybridized carbons (Fsp3) is 1.00. The molecule has 2 N–H and O–H groups in total. The number of hydrogen-bond donors (Lipinski definition) is 1. The normalized spacial score (nSPS) is 25.9. The van der Waals surface area contributed by atoms with Crippen LogP contribution in [-0.4, -0.2) is 41.8 Å². The van der Waals surface area contributed by atoms with Crippen molar-refractivity contribution in [2.75, 3.05) is 19.8 Å². The average Bonchev–Trinajstić information content (AvgIpc) is 2.07. The maximum atomic E-state index is 6.15. The van der Waals surface area contributed by atoms with Crippen LogP contribution in [0.3, 0.4) is 0 Å². The Balaban J connectivity index is 2.68. The zero-order valence-electron chi connectivity index (χ0n) is 11.5. The Labute approximate surface area is 100 Å². The first-order valence-electron chi connectivity index (χ1n) is 6.40. The highest BCUT2D eigenvalue weighted by Crippen LogP contribution is 2.37. The lowest BCUT2D eigenvalue weighted by Gasteiger charge is -2.54. The van der Waals surface area contributed by atoms with E-state index in [1.165, 1.54) is 0 Å². The molecular weight excluding hydrogens is 200 g/mol. The molecule has 0 spiro atoms. The van der Waals surface area contributed by atoms with Crippen molar-refractivity contribution in [2.45, 2.75) is 64.6 Å². The lowest BCUT2D eigenvalue weighted by molar-refractivity contribution is -0.0504. The Morgan fingerprint density at radius 2 is 1.69 bits per heavy atom. The van der Waals surface area contributed by atoms with Gasteiger partial charge in [-0.25, -0.2) is 0 Å². The maximum Gasteiger partial charge on any atom is 0.0593 e. The number of piperidine rings is 1. The molecule has 0 aromatic rings. The van der Waals surface area contributed by atoms with Gasteiger partial charge < -0.3 is 10.5 Å². The minimum Gasteiger partial charge on any atom is -0.380 e. The third-order valence-corrected chi connectivity index (χ3v) is 3.65. The summed E-state index contributed by atoms with van der Waals surface area (Å²) in [7, 11) is 0. The fourth-order valence-electron chi connectivity index (χ4n) is 3.30. The van der Waals surface area contributed by atoms with E-state index in [0.717, 1.165) is 32.6 Å². The second-order valence-corrected chi connectivity index (χ2v) is 6.14. The Bertz CT molecular complexity index is 208. The summed E-state index contributed by atoms with van der Waals surface area (Å²) in [6, 6.07) is 0.327. The van der Waals surface area contributed by atoms with Gasteiger partial charge in [0.05, 0.1) is 6.61 Å². The molecule has 3 nitrogen and oxygen atoms in total. The molecule has 1 aliphatic rings. The summed E-state index contributed by atoms with van der Waals surface area (Å²) in [5, 5.41) is 0. The Morgan fingerprint density at radius 1 is 1.19 bits per heavy atom. The first kappa shape index (κ1) is 13.9. The maximum absolute atomic E-state index is 6.15. The van der Waals surface area contributed by atoms with Crippen LogP contribution in [0.25, 0.3) is 0 Å². The topological polar surface area (TPSA) is 38.5 Å². The summed E-state index contributed by atoms with van der Waals surface area (Å²) in [5.41, 5.74) is 6.50. The van der Waals surface area contributed by atoms with Crippen molar-refractivity contribution in [3.05, 3.63) is 0 Å². The van der Waals surface area contributed by atoms with Crippen molar-refractivity contribution in [1.82, 2.24) is 4.90 Å². The second-order valence-electron chi connectivity index (χ2n) is 6.14. The average molecular weight is 228 g/mol. The Morgan fingerprint density at radius 3 is 2.12 bits per heavy atom. The Hall–Kier alpha value is -0.120. The first-order valence-corrected chi connectivity index (χ1v) is 6.40. The quantitative estimate of drug-likeness (QED) is 0.748. The highest BCUT2D eigenvalue weighted by atomic mass is 16.5. The zero-order chi connectivity index (χ0) is 12.4. The molecule has 1 rings (SSSR count). The smallest absolute Gasteiger partial charge is 0.0593 e. The van der Waals surface area contributed by atoms with Crippen LogP contribution in [0, 0.1) is 0 Å². The lowest BCUT2D eigenvalue weighted by Crippen LogP contribution is -2.63. The molecule has 16 heavy (non-hydrogen) atoms. The molecule has 1 aliphatic heterocycles. The van der Waals surface area contributed by atoms with E-state index in [4.69, 9.17) is 10.5 Å². The van der Waals surface area contributed by atoms with E-state index in [0.29, 0.717) is 6.04 Å². The summed E-state index contributed by atoms with van der Waals surface area (Å²) >= 11 is 0. The van der Waals surface area contributed by atoms with E-state index in [2.05, 4.69) is 32.6 Å². The molecule has 1 saturated heterocycles. The molecular formula is C13H28N2O. The zero-order valence-corrected chi connectivity index (χ0v) is 11.5. The molecule has 0 unspecified atom stereocenters. The summed E-state index contributed by atoms with van der Waals surface area (Å²) in [5.74, 6) is 0. The second kappa shape index (κ2) is 5.03. The molecule has 0 aliphatic carbocycles. The summed E-state index contributed by atoms with van der Waals surface area (Å²) in [4.78, 5) is 2.55. The van der Waals surface area contributed by atoms with Crippen molar-refractivity contribution in [3.8, 4) is 0 Å². The molecule has 1 heterocycles. The number of ether oxygens (including phenoxy) is 1. The van der Waals surface area contributed by atoms with Crippen LogP contribution < -0.4 is 5.73 Å². The number of likely N-dealkylation sites (tertiary alicyclic amines) is 1. The van der Waals surface area contributed by atoms with E-state index in [9.17, 15) is 0 Å². The van der Waals surface area contributed by atoms with Crippen LogP contribution in [0.2, 0.25) is 0 Å². The number of hydrogen-bond acceptors (Lipinski definition) is 3. The van der Waals surface area contributed by atoms with E-state index >= 15 is 0 Å². The van der Waals surface area contributed by atoms with Crippen LogP contribution in [0.1, 0.15) is 47.5 Å². The van der Waals surface area contributed by atoms with Gasteiger partial charge in [-0.15, -0.1) is 0 Å². The van der Waals surface area contributed by atoms with Crippen molar-refractivity contribution < 1.29 is 4.74 Å². The largest absolute Gasteiger partial charge is 0.380 e. The van der Waals surface area contributed by atoms with Gasteiger partial charge in [-0.05, 0) is 47.5 Å². The highest BCUT2D eigenvalue weighted by molar-refractivity contribution is 5.01. The molecule has 0 amide bonds. The molecule has 1 fully saturated rings. The minimum atomic E-state index is 0.179. The Kier molecular flexibility index (Phi) is 4.38. The highest BCUT2D eigenvalue weighted by Gasteiger charge is 2.43. The van der Waals surface area contributed by atoms with Crippen molar-refractivity contribution in [3.63, 3.8) is 0 Å². The molecule has 0 atom stereocenters. The van der Waals surface area contributed by atoms with Crippen LogP contribution in [-0.2, 0) is 4.74 Å². The van der Waals surface area contributed by atoms with Crippen molar-refractivity contribution in [2.24, 2.45) is 5.73 Å². The first-order chi connectivity index (χ1) is 7.29. The van der Waals surface area contributed by atoms with E-state index in [1.807, 2.05) is 6.92 Å². The lowest BCUT2D eigenvalue weighted by atomic mass is 9.77. The van der Waals surface area contributed by atoms with Crippen molar-refractivity contribution in [1.29, 1.82) is 0 Å². The summed E-state index contributed by atoms with van der Waals surface area (Å²) < 4.78 is 5.48. The summed E-state index contributed by atoms with van der Waals surface area (Å²) in [6.45, 7) is 13.8. The molecule has 3 heteroatoms. The van der Waals surface area contributed by atoms with Gasteiger partial charge in [-0.2, -0.15) is 0 Å². The molecule has 96 valence electrons. The van der Waals surface area contributed by atoms with Crippen LogP contribution in [0.15, 0.2) is 0 Å². The van der Waals surface area contributed by atoms with Crippen LogP contribution >= 0.6 is 0 Å². The van der Waals surface area contributed by atoms with E-state index < -0.39 is 0 Å². The van der Waals surface area contributed by atoms with Gasteiger partial charge in [0.1, 0.15) is 0 Å². The predicted octanol–water partition coefficient (Wildman–Crippen LogP) is 2.00. The van der Waals surface area contributed by atoms with Crippen LogP contribution in [0.5, 0.6) is 0 Å². The van der Waals surface area contributed by atoms with Crippen molar-refractivity contribution >= 4 is 0 Å². The molecule has 0 radical (unpaired) electrons. The van der Waals surface area contributed by atoms with Gasteiger partial charge in [-0.3, -0.25) is 4.90 Å². The fourth-order valence-corrected chi connectivity index (χ4v) is 3.30. The molecule has 0 bridgehead atoms. The predicted molar refractivity (Wildman–Crippen MR) is 68.6 cm³/mol. The van der Waals surface area contributed by atoms with Gasteiger partial charge >= 0.3 is 0 Å². The van der Waals surface area contributed by atoms with E-state index in [-0.39, 0.29) is 11.1 Å². The van der Waals surface area contributed by atoms with Gasteiger partial charge in [0.15, 0.2) is 0 Å².